The van der Waals surface area contributed by atoms with Gasteiger partial charge in [0.25, 0.3) is 5.91 Å². The van der Waals surface area contributed by atoms with E-state index in [2.05, 4.69) is 10.3 Å². The highest BCUT2D eigenvalue weighted by atomic mass is 32.2. The van der Waals surface area contributed by atoms with Gasteiger partial charge in [0.15, 0.2) is 5.17 Å². The number of fused-ring (bicyclic) bond motifs is 1. The van der Waals surface area contributed by atoms with Gasteiger partial charge >= 0.3 is 0 Å². The molecule has 3 rings (SSSR count). The maximum absolute atomic E-state index is 12.3. The molecule has 1 aliphatic rings. The molecule has 0 bridgehead atoms. The molecule has 1 atom stereocenters. The molecular formula is C19H21N3O2S. The minimum absolute atomic E-state index is 0.130. The van der Waals surface area contributed by atoms with Crippen LogP contribution in [0.25, 0.3) is 10.8 Å². The number of hydrogen-bond donors (Lipinski definition) is 1. The van der Waals surface area contributed by atoms with Crippen molar-refractivity contribution in [3.63, 3.8) is 0 Å². The molecule has 1 heterocycles. The molecule has 2 aromatic carbocycles. The van der Waals surface area contributed by atoms with E-state index in [1.54, 1.807) is 0 Å². The number of nitrogens with one attached hydrogen (secondary N) is 1. The predicted octanol–water partition coefficient (Wildman–Crippen LogP) is 3.51. The van der Waals surface area contributed by atoms with Crippen molar-refractivity contribution >= 4 is 45.2 Å². The van der Waals surface area contributed by atoms with Gasteiger partial charge in [0.1, 0.15) is 5.25 Å². The Kier molecular flexibility index (Phi) is 5.38. The number of anilines is 1. The molecule has 6 heteroatoms. The SMILES string of the molecule is CCN(CC)C1=NC(=O)C(CC(=O)Nc2ccc3ccccc3c2)S1. The lowest BCUT2D eigenvalue weighted by atomic mass is 10.1. The molecular weight excluding hydrogens is 334 g/mol. The fourth-order valence-electron chi connectivity index (χ4n) is 2.79. The molecule has 2 aromatic rings. The van der Waals surface area contributed by atoms with Crippen molar-refractivity contribution in [2.45, 2.75) is 25.5 Å². The molecule has 0 saturated carbocycles. The lowest BCUT2D eigenvalue weighted by Gasteiger charge is -2.19. The molecule has 1 N–H and O–H groups in total. The fourth-order valence-corrected chi connectivity index (χ4v) is 3.98. The summed E-state index contributed by atoms with van der Waals surface area (Å²) in [5.41, 5.74) is 0.740. The second kappa shape index (κ2) is 7.70. The maximum Gasteiger partial charge on any atom is 0.262 e. The van der Waals surface area contributed by atoms with Crippen LogP contribution in [0.4, 0.5) is 5.69 Å². The summed E-state index contributed by atoms with van der Waals surface area (Å²) in [4.78, 5) is 30.5. The Balaban J connectivity index is 1.62. The number of carbonyl (C=O) groups excluding carboxylic acids is 2. The zero-order chi connectivity index (χ0) is 17.8. The summed E-state index contributed by atoms with van der Waals surface area (Å²) in [5, 5.41) is 5.36. The lowest BCUT2D eigenvalue weighted by molar-refractivity contribution is -0.121. The molecule has 2 amide bonds. The minimum Gasteiger partial charge on any atom is -0.352 e. The molecule has 1 aliphatic heterocycles. The van der Waals surface area contributed by atoms with Gasteiger partial charge in [-0.2, -0.15) is 4.99 Å². The first-order valence-corrected chi connectivity index (χ1v) is 9.31. The third-order valence-corrected chi connectivity index (χ3v) is 5.38. The van der Waals surface area contributed by atoms with Crippen molar-refractivity contribution < 1.29 is 9.59 Å². The molecule has 130 valence electrons. The van der Waals surface area contributed by atoms with Crippen LogP contribution in [0, 0.1) is 0 Å². The Hall–Kier alpha value is -2.34. The first kappa shape index (κ1) is 17.5. The molecule has 5 nitrogen and oxygen atoms in total. The van der Waals surface area contributed by atoms with E-state index in [0.717, 1.165) is 34.7 Å². The Morgan fingerprint density at radius 1 is 1.16 bits per heavy atom. The monoisotopic (exact) mass is 355 g/mol. The van der Waals surface area contributed by atoms with E-state index < -0.39 is 5.25 Å². The molecule has 0 aromatic heterocycles. The molecule has 1 unspecified atom stereocenters. The van der Waals surface area contributed by atoms with E-state index in [0.29, 0.717) is 0 Å². The summed E-state index contributed by atoms with van der Waals surface area (Å²) in [5.74, 6) is -0.391. The number of carbonyl (C=O) groups is 2. The zero-order valence-electron chi connectivity index (χ0n) is 14.4. The van der Waals surface area contributed by atoms with E-state index in [1.807, 2.05) is 61.2 Å². The van der Waals surface area contributed by atoms with Crippen LogP contribution in [0.1, 0.15) is 20.3 Å². The second-order valence-electron chi connectivity index (χ2n) is 5.83. The lowest BCUT2D eigenvalue weighted by Crippen LogP contribution is -2.27. The fraction of sp³-hybridized carbons (Fsp3) is 0.316. The third-order valence-electron chi connectivity index (χ3n) is 4.17. The topological polar surface area (TPSA) is 61.8 Å². The van der Waals surface area contributed by atoms with Crippen LogP contribution in [-0.2, 0) is 9.59 Å². The normalized spacial score (nSPS) is 16.8. The maximum atomic E-state index is 12.3. The number of amides is 2. The third kappa shape index (κ3) is 4.02. The van der Waals surface area contributed by atoms with Crippen molar-refractivity contribution in [1.82, 2.24) is 4.90 Å². The summed E-state index contributed by atoms with van der Waals surface area (Å²) in [6.45, 7) is 5.64. The standard InChI is InChI=1S/C19H21N3O2S/c1-3-22(4-2)19-21-18(24)16(25-19)12-17(23)20-15-10-9-13-7-5-6-8-14(13)11-15/h5-11,16H,3-4,12H2,1-2H3,(H,20,23). The minimum atomic E-state index is -0.434. The quantitative estimate of drug-likeness (QED) is 0.891. The number of nitrogens with zero attached hydrogens (tertiary/aromatic N) is 2. The number of aliphatic imine (C=N–C) groups is 1. The molecule has 0 spiro atoms. The van der Waals surface area contributed by atoms with Gasteiger partial charge in [0.2, 0.25) is 5.91 Å². The van der Waals surface area contributed by atoms with Crippen molar-refractivity contribution in [2.75, 3.05) is 18.4 Å². The Bertz CT molecular complexity index is 830. The van der Waals surface area contributed by atoms with Gasteiger partial charge in [0.05, 0.1) is 0 Å². The molecule has 0 radical (unpaired) electrons. The number of amidine groups is 1. The number of thioether (sulfide) groups is 1. The highest BCUT2D eigenvalue weighted by Gasteiger charge is 2.32. The Morgan fingerprint density at radius 2 is 1.88 bits per heavy atom. The van der Waals surface area contributed by atoms with Gasteiger partial charge in [-0.1, -0.05) is 42.1 Å². The molecule has 0 saturated heterocycles. The summed E-state index contributed by atoms with van der Waals surface area (Å²) in [7, 11) is 0. The van der Waals surface area contributed by atoms with Gasteiger partial charge in [-0.05, 0) is 36.8 Å². The van der Waals surface area contributed by atoms with E-state index in [9.17, 15) is 9.59 Å². The Morgan fingerprint density at radius 3 is 2.60 bits per heavy atom. The second-order valence-corrected chi connectivity index (χ2v) is 7.00. The summed E-state index contributed by atoms with van der Waals surface area (Å²) in [6.07, 6.45) is 0.130. The predicted molar refractivity (Wildman–Crippen MR) is 104 cm³/mol. The smallest absolute Gasteiger partial charge is 0.262 e. The summed E-state index contributed by atoms with van der Waals surface area (Å²) >= 11 is 1.38. The van der Waals surface area contributed by atoms with Gasteiger partial charge in [0, 0.05) is 25.2 Å². The molecule has 0 aliphatic carbocycles. The molecule has 25 heavy (non-hydrogen) atoms. The van der Waals surface area contributed by atoms with Crippen molar-refractivity contribution in [3.05, 3.63) is 42.5 Å². The number of hydrogen-bond acceptors (Lipinski definition) is 4. The van der Waals surface area contributed by atoms with Crippen LogP contribution in [0.15, 0.2) is 47.5 Å². The van der Waals surface area contributed by atoms with E-state index in [1.165, 1.54) is 11.8 Å². The van der Waals surface area contributed by atoms with Crippen LogP contribution in [0.2, 0.25) is 0 Å². The largest absolute Gasteiger partial charge is 0.352 e. The van der Waals surface area contributed by atoms with E-state index in [-0.39, 0.29) is 18.2 Å². The first-order valence-electron chi connectivity index (χ1n) is 8.43. The highest BCUT2D eigenvalue weighted by molar-refractivity contribution is 8.15. The molecule has 0 fully saturated rings. The van der Waals surface area contributed by atoms with Crippen LogP contribution >= 0.6 is 11.8 Å². The van der Waals surface area contributed by atoms with Gasteiger partial charge in [-0.3, -0.25) is 9.59 Å². The van der Waals surface area contributed by atoms with Gasteiger partial charge < -0.3 is 10.2 Å². The highest BCUT2D eigenvalue weighted by Crippen LogP contribution is 2.27. The van der Waals surface area contributed by atoms with Crippen molar-refractivity contribution in [3.8, 4) is 0 Å². The van der Waals surface area contributed by atoms with Gasteiger partial charge in [-0.25, -0.2) is 0 Å². The van der Waals surface area contributed by atoms with Crippen molar-refractivity contribution in [1.29, 1.82) is 0 Å². The van der Waals surface area contributed by atoms with E-state index >= 15 is 0 Å². The average Bonchev–Trinajstić information content (AvgIpc) is 2.96. The van der Waals surface area contributed by atoms with Gasteiger partial charge in [-0.15, -0.1) is 0 Å². The van der Waals surface area contributed by atoms with Crippen LogP contribution in [-0.4, -0.2) is 40.2 Å². The van der Waals surface area contributed by atoms with Crippen LogP contribution in [0.3, 0.4) is 0 Å². The Labute approximate surface area is 151 Å². The first-order chi connectivity index (χ1) is 12.1. The van der Waals surface area contributed by atoms with Crippen molar-refractivity contribution in [2.24, 2.45) is 4.99 Å². The van der Waals surface area contributed by atoms with Crippen LogP contribution in [0.5, 0.6) is 0 Å². The van der Waals surface area contributed by atoms with E-state index in [4.69, 9.17) is 0 Å². The van der Waals surface area contributed by atoms with Crippen LogP contribution < -0.4 is 5.32 Å². The summed E-state index contributed by atoms with van der Waals surface area (Å²) in [6, 6.07) is 13.8. The number of rotatable bonds is 5. The number of benzene rings is 2. The zero-order valence-corrected chi connectivity index (χ0v) is 15.2. The summed E-state index contributed by atoms with van der Waals surface area (Å²) < 4.78 is 0. The average molecular weight is 355 g/mol.